The van der Waals surface area contributed by atoms with E-state index >= 15 is 0 Å². The van der Waals surface area contributed by atoms with Crippen LogP contribution in [0.3, 0.4) is 0 Å². The fourth-order valence-electron chi connectivity index (χ4n) is 2.90. The fraction of sp³-hybridized carbons (Fsp3) is 0.136. The number of thioether (sulfide) groups is 1. The summed E-state index contributed by atoms with van der Waals surface area (Å²) in [5.74, 6) is 1.11. The summed E-state index contributed by atoms with van der Waals surface area (Å²) >= 11 is 1.35. The summed E-state index contributed by atoms with van der Waals surface area (Å²) < 4.78 is 7.43. The smallest absolute Gasteiger partial charge is 0.237 e. The Morgan fingerprint density at radius 2 is 1.90 bits per heavy atom. The van der Waals surface area contributed by atoms with E-state index in [9.17, 15) is 4.79 Å². The Labute approximate surface area is 173 Å². The highest BCUT2D eigenvalue weighted by molar-refractivity contribution is 8.00. The summed E-state index contributed by atoms with van der Waals surface area (Å²) in [5.41, 5.74) is 2.77. The van der Waals surface area contributed by atoms with Crippen molar-refractivity contribution >= 4 is 23.4 Å². The van der Waals surface area contributed by atoms with Gasteiger partial charge >= 0.3 is 0 Å². The predicted octanol–water partition coefficient (Wildman–Crippen LogP) is 4.96. The molecule has 2 heterocycles. The third kappa shape index (κ3) is 4.25. The number of hydrogen-bond acceptors (Lipinski definition) is 5. The number of carbonyl (C=O) groups is 1. The Balaban J connectivity index is 1.60. The van der Waals surface area contributed by atoms with Gasteiger partial charge < -0.3 is 9.73 Å². The van der Waals surface area contributed by atoms with Gasteiger partial charge in [-0.2, -0.15) is 0 Å². The van der Waals surface area contributed by atoms with Crippen molar-refractivity contribution in [2.75, 3.05) is 5.32 Å². The molecule has 0 fully saturated rings. The zero-order valence-corrected chi connectivity index (χ0v) is 16.9. The Bertz CT molecular complexity index is 1110. The zero-order chi connectivity index (χ0) is 20.2. The van der Waals surface area contributed by atoms with Crippen LogP contribution in [0.25, 0.3) is 17.3 Å². The molecule has 7 heteroatoms. The molecule has 2 aromatic carbocycles. The summed E-state index contributed by atoms with van der Waals surface area (Å²) in [5, 5.41) is 11.8. The second-order valence-electron chi connectivity index (χ2n) is 6.57. The molecule has 0 bridgehead atoms. The second kappa shape index (κ2) is 8.36. The Morgan fingerprint density at radius 3 is 2.62 bits per heavy atom. The van der Waals surface area contributed by atoms with Gasteiger partial charge in [0, 0.05) is 11.4 Å². The van der Waals surface area contributed by atoms with Crippen molar-refractivity contribution in [1.82, 2.24) is 14.8 Å². The Morgan fingerprint density at radius 1 is 1.07 bits per heavy atom. The first kappa shape index (κ1) is 19.0. The third-order valence-corrected chi connectivity index (χ3v) is 5.37. The van der Waals surface area contributed by atoms with Gasteiger partial charge in [0.1, 0.15) is 0 Å². The van der Waals surface area contributed by atoms with Crippen molar-refractivity contribution in [3.63, 3.8) is 0 Å². The molecule has 0 aliphatic carbocycles. The molecule has 0 saturated heterocycles. The number of benzene rings is 2. The monoisotopic (exact) mass is 404 g/mol. The van der Waals surface area contributed by atoms with Crippen molar-refractivity contribution in [2.24, 2.45) is 0 Å². The lowest BCUT2D eigenvalue weighted by Gasteiger charge is -2.13. The van der Waals surface area contributed by atoms with Gasteiger partial charge in [0.2, 0.25) is 11.7 Å². The third-order valence-electron chi connectivity index (χ3n) is 4.33. The summed E-state index contributed by atoms with van der Waals surface area (Å²) in [4.78, 5) is 12.7. The van der Waals surface area contributed by atoms with Crippen LogP contribution in [0.2, 0.25) is 0 Å². The number of rotatable bonds is 6. The molecular formula is C22H20N4O2S. The molecule has 1 atom stereocenters. The van der Waals surface area contributed by atoms with Crippen LogP contribution in [0.1, 0.15) is 12.5 Å². The van der Waals surface area contributed by atoms with Crippen molar-refractivity contribution in [1.29, 1.82) is 0 Å². The van der Waals surface area contributed by atoms with Gasteiger partial charge in [-0.15, -0.1) is 10.2 Å². The normalized spacial score (nSPS) is 11.9. The standard InChI is InChI=1S/C22H20N4O2S/c1-15-8-6-9-17(14-15)23-21(27)16(2)29-22-25-24-20(19-12-7-13-28-19)26(22)18-10-4-3-5-11-18/h3-14,16H,1-2H3,(H,23,27)/t16-/m1/s1. The van der Waals surface area contributed by atoms with E-state index in [0.29, 0.717) is 16.7 Å². The highest BCUT2D eigenvalue weighted by Crippen LogP contribution is 2.30. The first-order valence-electron chi connectivity index (χ1n) is 9.21. The topological polar surface area (TPSA) is 73.0 Å². The molecule has 1 amide bonds. The predicted molar refractivity (Wildman–Crippen MR) is 114 cm³/mol. The maximum Gasteiger partial charge on any atom is 0.237 e. The number of carbonyl (C=O) groups excluding carboxylic acids is 1. The molecule has 0 unspecified atom stereocenters. The van der Waals surface area contributed by atoms with Crippen molar-refractivity contribution < 1.29 is 9.21 Å². The van der Waals surface area contributed by atoms with Crippen LogP contribution in [0.4, 0.5) is 5.69 Å². The fourth-order valence-corrected chi connectivity index (χ4v) is 3.77. The Kier molecular flexibility index (Phi) is 5.48. The van der Waals surface area contributed by atoms with E-state index in [1.807, 2.05) is 85.1 Å². The molecule has 0 aliphatic rings. The lowest BCUT2D eigenvalue weighted by molar-refractivity contribution is -0.115. The number of furan rings is 1. The van der Waals surface area contributed by atoms with E-state index in [-0.39, 0.29) is 11.2 Å². The quantitative estimate of drug-likeness (QED) is 0.460. The number of amides is 1. The number of nitrogens with one attached hydrogen (secondary N) is 1. The van der Waals surface area contributed by atoms with Gasteiger partial charge in [-0.3, -0.25) is 9.36 Å². The molecule has 1 N–H and O–H groups in total. The molecule has 4 rings (SSSR count). The molecule has 146 valence electrons. The highest BCUT2D eigenvalue weighted by Gasteiger charge is 2.22. The van der Waals surface area contributed by atoms with Crippen molar-refractivity contribution in [2.45, 2.75) is 24.3 Å². The molecule has 0 spiro atoms. The summed E-state index contributed by atoms with van der Waals surface area (Å²) in [6.07, 6.45) is 1.60. The van der Waals surface area contributed by atoms with E-state index < -0.39 is 0 Å². The van der Waals surface area contributed by atoms with Crippen LogP contribution in [0, 0.1) is 6.92 Å². The largest absolute Gasteiger partial charge is 0.461 e. The molecule has 0 saturated carbocycles. The molecule has 29 heavy (non-hydrogen) atoms. The van der Waals surface area contributed by atoms with Crippen LogP contribution in [-0.4, -0.2) is 25.9 Å². The lowest BCUT2D eigenvalue weighted by atomic mass is 10.2. The maximum atomic E-state index is 12.7. The molecule has 0 radical (unpaired) electrons. The molecule has 4 aromatic rings. The van der Waals surface area contributed by atoms with E-state index in [1.165, 1.54) is 11.8 Å². The van der Waals surface area contributed by atoms with Gasteiger partial charge in [0.25, 0.3) is 0 Å². The number of aryl methyl sites for hydroxylation is 1. The summed E-state index contributed by atoms with van der Waals surface area (Å²) in [6, 6.07) is 21.2. The Hall–Kier alpha value is -3.32. The lowest BCUT2D eigenvalue weighted by Crippen LogP contribution is -2.22. The van der Waals surface area contributed by atoms with E-state index in [0.717, 1.165) is 16.9 Å². The first-order valence-corrected chi connectivity index (χ1v) is 10.1. The van der Waals surface area contributed by atoms with Crippen molar-refractivity contribution in [3.8, 4) is 17.3 Å². The summed E-state index contributed by atoms with van der Waals surface area (Å²) in [6.45, 7) is 3.85. The van der Waals surface area contributed by atoms with Gasteiger partial charge in [-0.05, 0) is 55.8 Å². The molecular weight excluding hydrogens is 384 g/mol. The first-order chi connectivity index (χ1) is 14.1. The van der Waals surface area contributed by atoms with Gasteiger partial charge in [0.15, 0.2) is 10.9 Å². The SMILES string of the molecule is Cc1cccc(NC(=O)[C@@H](C)Sc2nnc(-c3ccco3)n2-c2ccccc2)c1. The maximum absolute atomic E-state index is 12.7. The minimum Gasteiger partial charge on any atom is -0.461 e. The van der Waals surface area contributed by atoms with Gasteiger partial charge in [-0.25, -0.2) is 0 Å². The van der Waals surface area contributed by atoms with E-state index in [1.54, 1.807) is 6.26 Å². The van der Waals surface area contributed by atoms with Crippen LogP contribution in [0.15, 0.2) is 82.6 Å². The summed E-state index contributed by atoms with van der Waals surface area (Å²) in [7, 11) is 0. The van der Waals surface area contributed by atoms with Crippen molar-refractivity contribution in [3.05, 3.63) is 78.6 Å². The van der Waals surface area contributed by atoms with Crippen LogP contribution in [-0.2, 0) is 4.79 Å². The zero-order valence-electron chi connectivity index (χ0n) is 16.1. The molecule has 6 nitrogen and oxygen atoms in total. The number of anilines is 1. The number of aromatic nitrogens is 3. The van der Waals surface area contributed by atoms with Gasteiger partial charge in [0.05, 0.1) is 11.5 Å². The minimum atomic E-state index is -0.369. The number of para-hydroxylation sites is 1. The highest BCUT2D eigenvalue weighted by atomic mass is 32.2. The van der Waals surface area contributed by atoms with E-state index in [4.69, 9.17) is 4.42 Å². The van der Waals surface area contributed by atoms with Crippen LogP contribution >= 0.6 is 11.8 Å². The average molecular weight is 404 g/mol. The second-order valence-corrected chi connectivity index (χ2v) is 7.88. The number of nitrogens with zero attached hydrogens (tertiary/aromatic N) is 3. The van der Waals surface area contributed by atoms with Crippen LogP contribution < -0.4 is 5.32 Å². The molecule has 2 aromatic heterocycles. The van der Waals surface area contributed by atoms with Crippen LogP contribution in [0.5, 0.6) is 0 Å². The van der Waals surface area contributed by atoms with E-state index in [2.05, 4.69) is 15.5 Å². The number of hydrogen-bond donors (Lipinski definition) is 1. The minimum absolute atomic E-state index is 0.0947. The van der Waals surface area contributed by atoms with Gasteiger partial charge in [-0.1, -0.05) is 42.1 Å². The molecule has 0 aliphatic heterocycles. The average Bonchev–Trinajstić information content (AvgIpc) is 3.38.